The van der Waals surface area contributed by atoms with Crippen molar-refractivity contribution in [2.24, 2.45) is 0 Å². The first-order valence-corrected chi connectivity index (χ1v) is 4.95. The van der Waals surface area contributed by atoms with Crippen LogP contribution in [0, 0.1) is 5.82 Å². The number of fused-ring (bicyclic) bond motifs is 1. The molecular weight excluding hydrogens is 179 g/mol. The zero-order chi connectivity index (χ0) is 9.97. The molecule has 0 spiro atoms. The van der Waals surface area contributed by atoms with Gasteiger partial charge in [-0.25, -0.2) is 4.39 Å². The van der Waals surface area contributed by atoms with Crippen molar-refractivity contribution in [3.8, 4) is 0 Å². The van der Waals surface area contributed by atoms with Crippen LogP contribution < -0.4 is 10.6 Å². The second-order valence-electron chi connectivity index (χ2n) is 3.73. The summed E-state index contributed by atoms with van der Waals surface area (Å²) in [5.74, 6) is 0.319. The normalized spacial score (nSPS) is 20.6. The van der Waals surface area contributed by atoms with Gasteiger partial charge in [-0.15, -0.1) is 0 Å². The van der Waals surface area contributed by atoms with Crippen LogP contribution in [-0.4, -0.2) is 20.1 Å². The Bertz CT molecular complexity index is 325. The van der Waals surface area contributed by atoms with E-state index in [2.05, 4.69) is 10.6 Å². The van der Waals surface area contributed by atoms with E-state index in [1.54, 1.807) is 12.1 Å². The zero-order valence-electron chi connectivity index (χ0n) is 8.31. The molecule has 1 aliphatic rings. The van der Waals surface area contributed by atoms with Gasteiger partial charge in [0.2, 0.25) is 0 Å². The van der Waals surface area contributed by atoms with Gasteiger partial charge in [-0.3, -0.25) is 0 Å². The van der Waals surface area contributed by atoms with Crippen molar-refractivity contribution >= 4 is 0 Å². The second-order valence-corrected chi connectivity index (χ2v) is 3.73. The molecule has 76 valence electrons. The molecule has 2 rings (SSSR count). The molecule has 2 nitrogen and oxygen atoms in total. The lowest BCUT2D eigenvalue weighted by Gasteiger charge is -2.26. The van der Waals surface area contributed by atoms with E-state index in [1.807, 2.05) is 13.1 Å². The Balaban J connectivity index is 2.30. The highest BCUT2D eigenvalue weighted by atomic mass is 19.1. The van der Waals surface area contributed by atoms with Gasteiger partial charge in [0.1, 0.15) is 5.82 Å². The molecule has 0 saturated heterocycles. The topological polar surface area (TPSA) is 24.1 Å². The van der Waals surface area contributed by atoms with Gasteiger partial charge < -0.3 is 10.6 Å². The lowest BCUT2D eigenvalue weighted by atomic mass is 9.91. The van der Waals surface area contributed by atoms with Crippen molar-refractivity contribution < 1.29 is 4.39 Å². The fourth-order valence-electron chi connectivity index (χ4n) is 2.05. The van der Waals surface area contributed by atoms with Gasteiger partial charge in [0, 0.05) is 25.6 Å². The number of nitrogens with one attached hydrogen (secondary N) is 2. The summed E-state index contributed by atoms with van der Waals surface area (Å²) < 4.78 is 13.0. The summed E-state index contributed by atoms with van der Waals surface area (Å²) in [4.78, 5) is 0. The lowest BCUT2D eigenvalue weighted by Crippen LogP contribution is -2.33. The molecule has 0 bridgehead atoms. The Hall–Kier alpha value is -0.930. The largest absolute Gasteiger partial charge is 0.319 e. The van der Waals surface area contributed by atoms with E-state index in [0.717, 1.165) is 25.2 Å². The van der Waals surface area contributed by atoms with Crippen molar-refractivity contribution in [3.63, 3.8) is 0 Å². The number of halogens is 1. The molecule has 14 heavy (non-hydrogen) atoms. The molecule has 1 unspecified atom stereocenters. The minimum Gasteiger partial charge on any atom is -0.319 e. The van der Waals surface area contributed by atoms with E-state index in [-0.39, 0.29) is 5.82 Å². The smallest absolute Gasteiger partial charge is 0.123 e. The molecule has 0 amide bonds. The van der Waals surface area contributed by atoms with Crippen molar-refractivity contribution in [1.29, 1.82) is 0 Å². The summed E-state index contributed by atoms with van der Waals surface area (Å²) in [6.07, 6.45) is 0. The molecule has 0 saturated carbocycles. The molecule has 1 aliphatic heterocycles. The van der Waals surface area contributed by atoms with Crippen LogP contribution in [0.4, 0.5) is 4.39 Å². The average Bonchev–Trinajstić information content (AvgIpc) is 2.18. The number of hydrogen-bond acceptors (Lipinski definition) is 2. The highest BCUT2D eigenvalue weighted by molar-refractivity contribution is 5.33. The minimum atomic E-state index is -0.143. The van der Waals surface area contributed by atoms with Crippen molar-refractivity contribution in [2.75, 3.05) is 20.1 Å². The van der Waals surface area contributed by atoms with Crippen molar-refractivity contribution in [3.05, 3.63) is 35.1 Å². The number of likely N-dealkylation sites (N-methyl/N-ethyl adjacent to an activating group) is 1. The average molecular weight is 194 g/mol. The summed E-state index contributed by atoms with van der Waals surface area (Å²) in [6.45, 7) is 2.69. The maximum Gasteiger partial charge on any atom is 0.123 e. The van der Waals surface area contributed by atoms with Crippen molar-refractivity contribution in [1.82, 2.24) is 10.6 Å². The molecule has 1 aromatic carbocycles. The monoisotopic (exact) mass is 194 g/mol. The van der Waals surface area contributed by atoms with E-state index in [9.17, 15) is 4.39 Å². The molecule has 3 heteroatoms. The van der Waals surface area contributed by atoms with Gasteiger partial charge in [0.05, 0.1) is 0 Å². The van der Waals surface area contributed by atoms with Crippen LogP contribution in [0.1, 0.15) is 17.0 Å². The number of benzene rings is 1. The summed E-state index contributed by atoms with van der Waals surface area (Å²) in [6, 6.07) is 5.09. The molecule has 0 radical (unpaired) electrons. The Labute approximate surface area is 83.5 Å². The van der Waals surface area contributed by atoms with Crippen LogP contribution in [-0.2, 0) is 6.54 Å². The van der Waals surface area contributed by atoms with Gasteiger partial charge in [-0.05, 0) is 30.3 Å². The van der Waals surface area contributed by atoms with Crippen LogP contribution >= 0.6 is 0 Å². The van der Waals surface area contributed by atoms with Gasteiger partial charge in [0.15, 0.2) is 0 Å². The highest BCUT2D eigenvalue weighted by Gasteiger charge is 2.19. The summed E-state index contributed by atoms with van der Waals surface area (Å²) in [7, 11) is 1.94. The Morgan fingerprint density at radius 1 is 1.57 bits per heavy atom. The maximum atomic E-state index is 13.0. The third-order valence-corrected chi connectivity index (χ3v) is 2.70. The highest BCUT2D eigenvalue weighted by Crippen LogP contribution is 2.23. The molecule has 1 aromatic rings. The third kappa shape index (κ3) is 1.79. The first-order chi connectivity index (χ1) is 6.81. The van der Waals surface area contributed by atoms with Crippen LogP contribution in [0.2, 0.25) is 0 Å². The molecule has 0 aliphatic carbocycles. The van der Waals surface area contributed by atoms with Gasteiger partial charge >= 0.3 is 0 Å². The molecule has 0 fully saturated rings. The minimum absolute atomic E-state index is 0.143. The lowest BCUT2D eigenvalue weighted by molar-refractivity contribution is 0.516. The molecule has 2 N–H and O–H groups in total. The zero-order valence-corrected chi connectivity index (χ0v) is 8.31. The fourth-order valence-corrected chi connectivity index (χ4v) is 2.05. The van der Waals surface area contributed by atoms with E-state index < -0.39 is 0 Å². The van der Waals surface area contributed by atoms with E-state index in [0.29, 0.717) is 5.92 Å². The fraction of sp³-hybridized carbons (Fsp3) is 0.455. The van der Waals surface area contributed by atoms with E-state index in [1.165, 1.54) is 5.56 Å². The Morgan fingerprint density at radius 2 is 2.43 bits per heavy atom. The van der Waals surface area contributed by atoms with Crippen LogP contribution in [0.25, 0.3) is 0 Å². The summed E-state index contributed by atoms with van der Waals surface area (Å²) in [5.41, 5.74) is 2.37. The quantitative estimate of drug-likeness (QED) is 0.740. The predicted molar refractivity (Wildman–Crippen MR) is 54.8 cm³/mol. The van der Waals surface area contributed by atoms with Gasteiger partial charge in [0.25, 0.3) is 0 Å². The number of rotatable bonds is 2. The first kappa shape index (κ1) is 9.62. The summed E-state index contributed by atoms with van der Waals surface area (Å²) >= 11 is 0. The van der Waals surface area contributed by atoms with Gasteiger partial charge in [-0.2, -0.15) is 0 Å². The molecule has 1 heterocycles. The second kappa shape index (κ2) is 4.07. The van der Waals surface area contributed by atoms with E-state index in [4.69, 9.17) is 0 Å². The van der Waals surface area contributed by atoms with Gasteiger partial charge in [-0.1, -0.05) is 6.07 Å². The van der Waals surface area contributed by atoms with E-state index >= 15 is 0 Å². The summed E-state index contributed by atoms with van der Waals surface area (Å²) in [5, 5.41) is 6.46. The van der Waals surface area contributed by atoms with Crippen molar-refractivity contribution in [2.45, 2.75) is 12.5 Å². The third-order valence-electron chi connectivity index (χ3n) is 2.70. The number of hydrogen-bond donors (Lipinski definition) is 2. The van der Waals surface area contributed by atoms with Crippen LogP contribution in [0.5, 0.6) is 0 Å². The molecular formula is C11H15FN2. The first-order valence-electron chi connectivity index (χ1n) is 4.95. The Morgan fingerprint density at radius 3 is 3.21 bits per heavy atom. The van der Waals surface area contributed by atoms with Crippen LogP contribution in [0.3, 0.4) is 0 Å². The SMILES string of the molecule is CNCC1CNCc2cc(F)ccc21. The molecule has 1 atom stereocenters. The predicted octanol–water partition coefficient (Wildman–Crippen LogP) is 1.23. The maximum absolute atomic E-state index is 13.0. The standard InChI is InChI=1S/C11H15FN2/c1-13-5-9-7-14-6-8-4-10(12)2-3-11(8)9/h2-4,9,13-14H,5-7H2,1H3. The Kier molecular flexibility index (Phi) is 2.79. The van der Waals surface area contributed by atoms with Crippen LogP contribution in [0.15, 0.2) is 18.2 Å². The molecule has 0 aromatic heterocycles.